The van der Waals surface area contributed by atoms with Crippen LogP contribution in [0, 0.1) is 0 Å². The molecule has 0 radical (unpaired) electrons. The van der Waals surface area contributed by atoms with E-state index in [9.17, 15) is 14.7 Å². The van der Waals surface area contributed by atoms with Crippen LogP contribution in [0.1, 0.15) is 18.9 Å². The number of likely N-dealkylation sites (tertiary alicyclic amines) is 1. The molecule has 20 heavy (non-hydrogen) atoms. The van der Waals surface area contributed by atoms with Crippen molar-refractivity contribution in [2.75, 3.05) is 6.54 Å². The first-order valence-corrected chi connectivity index (χ1v) is 7.39. The third-order valence-corrected chi connectivity index (χ3v) is 4.99. The number of fused-ring (bicyclic) bond motifs is 1. The van der Waals surface area contributed by atoms with Crippen LogP contribution in [-0.4, -0.2) is 34.0 Å². The van der Waals surface area contributed by atoms with Crippen LogP contribution in [0.3, 0.4) is 0 Å². The summed E-state index contributed by atoms with van der Waals surface area (Å²) < 4.78 is 1.15. The summed E-state index contributed by atoms with van der Waals surface area (Å²) in [6.07, 6.45) is 0.785. The van der Waals surface area contributed by atoms with E-state index in [2.05, 4.69) is 0 Å². The van der Waals surface area contributed by atoms with Crippen LogP contribution in [0.15, 0.2) is 29.6 Å². The number of amides is 1. The Morgan fingerprint density at radius 1 is 1.40 bits per heavy atom. The molecule has 2 heterocycles. The number of aliphatic carboxylic acids is 1. The molecule has 1 unspecified atom stereocenters. The summed E-state index contributed by atoms with van der Waals surface area (Å²) in [6, 6.07) is 7.91. The van der Waals surface area contributed by atoms with Gasteiger partial charge in [-0.05, 0) is 41.8 Å². The van der Waals surface area contributed by atoms with Crippen molar-refractivity contribution in [1.29, 1.82) is 0 Å². The normalized spacial score (nSPS) is 21.8. The van der Waals surface area contributed by atoms with Gasteiger partial charge in [-0.3, -0.25) is 4.79 Å². The molecule has 0 spiro atoms. The molecule has 1 amide bonds. The summed E-state index contributed by atoms with van der Waals surface area (Å²) in [5.74, 6) is -1.04. The van der Waals surface area contributed by atoms with Gasteiger partial charge in [-0.1, -0.05) is 12.1 Å². The number of nitrogens with zero attached hydrogens (tertiary/aromatic N) is 1. The molecular weight excluding hydrogens is 274 g/mol. The lowest BCUT2D eigenvalue weighted by Gasteiger charge is -2.47. The van der Waals surface area contributed by atoms with Crippen LogP contribution >= 0.6 is 11.3 Å². The Morgan fingerprint density at radius 3 is 2.85 bits per heavy atom. The van der Waals surface area contributed by atoms with Gasteiger partial charge in [-0.25, -0.2) is 4.79 Å². The average Bonchev–Trinajstić information content (AvgIpc) is 2.85. The molecule has 0 aliphatic carbocycles. The Hall–Kier alpha value is -1.88. The number of carbonyl (C=O) groups excluding carboxylic acids is 1. The van der Waals surface area contributed by atoms with Crippen molar-refractivity contribution in [2.45, 2.75) is 25.3 Å². The second-order valence-electron chi connectivity index (χ2n) is 5.30. The van der Waals surface area contributed by atoms with Crippen LogP contribution in [0.5, 0.6) is 0 Å². The van der Waals surface area contributed by atoms with E-state index in [0.29, 0.717) is 13.0 Å². The Morgan fingerprint density at radius 2 is 2.20 bits per heavy atom. The summed E-state index contributed by atoms with van der Waals surface area (Å²) in [4.78, 5) is 25.1. The fourth-order valence-corrected chi connectivity index (χ4v) is 3.48. The van der Waals surface area contributed by atoms with E-state index in [1.807, 2.05) is 29.6 Å². The molecule has 1 aliphatic heterocycles. The van der Waals surface area contributed by atoms with Crippen molar-refractivity contribution < 1.29 is 14.7 Å². The number of carboxylic acid groups (broad SMARTS) is 1. The highest BCUT2D eigenvalue weighted by atomic mass is 32.1. The van der Waals surface area contributed by atoms with E-state index in [0.717, 1.165) is 15.6 Å². The maximum absolute atomic E-state index is 12.3. The Balaban J connectivity index is 1.83. The monoisotopic (exact) mass is 289 g/mol. The molecule has 0 saturated carbocycles. The minimum atomic E-state index is -1.03. The fourth-order valence-electron chi connectivity index (χ4n) is 2.65. The zero-order valence-electron chi connectivity index (χ0n) is 11.1. The van der Waals surface area contributed by atoms with Crippen LogP contribution in [-0.2, 0) is 16.0 Å². The van der Waals surface area contributed by atoms with E-state index < -0.39 is 11.5 Å². The minimum absolute atomic E-state index is 0.111. The van der Waals surface area contributed by atoms with Crippen LogP contribution in [0.4, 0.5) is 0 Å². The highest BCUT2D eigenvalue weighted by Gasteiger charge is 2.49. The number of carboxylic acids is 1. The van der Waals surface area contributed by atoms with Crippen LogP contribution < -0.4 is 0 Å². The first-order chi connectivity index (χ1) is 9.52. The molecule has 1 fully saturated rings. The number of hydrogen-bond donors (Lipinski definition) is 1. The predicted molar refractivity (Wildman–Crippen MR) is 77.9 cm³/mol. The summed E-state index contributed by atoms with van der Waals surface area (Å²) in [7, 11) is 0. The van der Waals surface area contributed by atoms with E-state index >= 15 is 0 Å². The van der Waals surface area contributed by atoms with Crippen LogP contribution in [0.2, 0.25) is 0 Å². The van der Waals surface area contributed by atoms with E-state index in [1.165, 1.54) is 4.90 Å². The Bertz CT molecular complexity index is 693. The second-order valence-corrected chi connectivity index (χ2v) is 6.25. The third kappa shape index (κ3) is 1.89. The Kier molecular flexibility index (Phi) is 3.01. The van der Waals surface area contributed by atoms with Crippen molar-refractivity contribution in [3.05, 3.63) is 35.2 Å². The zero-order chi connectivity index (χ0) is 14.3. The highest BCUT2D eigenvalue weighted by Crippen LogP contribution is 2.32. The molecule has 3 rings (SSSR count). The molecular formula is C15H15NO3S. The lowest BCUT2D eigenvalue weighted by Crippen LogP contribution is -2.64. The van der Waals surface area contributed by atoms with E-state index in [1.54, 1.807) is 18.3 Å². The summed E-state index contributed by atoms with van der Waals surface area (Å²) in [5.41, 5.74) is -0.0620. The predicted octanol–water partition coefficient (Wildman–Crippen LogP) is 2.52. The highest BCUT2D eigenvalue weighted by molar-refractivity contribution is 7.17. The van der Waals surface area contributed by atoms with Crippen molar-refractivity contribution in [1.82, 2.24) is 4.90 Å². The molecule has 104 valence electrons. The number of rotatable bonds is 3. The lowest BCUT2D eigenvalue weighted by atomic mass is 9.86. The number of hydrogen-bond acceptors (Lipinski definition) is 3. The SMILES string of the molecule is CC1(C(=O)O)CCN1C(=O)Cc1cccc2sccc12. The van der Waals surface area contributed by atoms with Crippen molar-refractivity contribution in [2.24, 2.45) is 0 Å². The van der Waals surface area contributed by atoms with Gasteiger partial charge in [0.25, 0.3) is 0 Å². The van der Waals surface area contributed by atoms with E-state index in [4.69, 9.17) is 0 Å². The molecule has 1 aromatic heterocycles. The number of carbonyl (C=O) groups is 2. The minimum Gasteiger partial charge on any atom is -0.480 e. The van der Waals surface area contributed by atoms with Gasteiger partial charge in [0.1, 0.15) is 5.54 Å². The lowest BCUT2D eigenvalue weighted by molar-refractivity contribution is -0.168. The molecule has 1 atom stereocenters. The van der Waals surface area contributed by atoms with Gasteiger partial charge in [-0.15, -0.1) is 11.3 Å². The van der Waals surface area contributed by atoms with E-state index in [-0.39, 0.29) is 12.3 Å². The van der Waals surface area contributed by atoms with Gasteiger partial charge in [-0.2, -0.15) is 0 Å². The Labute approximate surface area is 120 Å². The molecule has 4 nitrogen and oxygen atoms in total. The van der Waals surface area contributed by atoms with Gasteiger partial charge in [0.15, 0.2) is 0 Å². The average molecular weight is 289 g/mol. The zero-order valence-corrected chi connectivity index (χ0v) is 11.9. The van der Waals surface area contributed by atoms with Crippen molar-refractivity contribution >= 4 is 33.3 Å². The molecule has 5 heteroatoms. The standard InChI is InChI=1S/C15H15NO3S/c1-15(14(18)19)6-7-16(15)13(17)9-10-3-2-4-12-11(10)5-8-20-12/h2-5,8H,6-7,9H2,1H3,(H,18,19). The molecule has 1 aromatic carbocycles. The first kappa shape index (κ1) is 13.1. The second kappa shape index (κ2) is 4.59. The molecule has 1 N–H and O–H groups in total. The van der Waals surface area contributed by atoms with Gasteiger partial charge < -0.3 is 10.0 Å². The molecule has 2 aromatic rings. The van der Waals surface area contributed by atoms with Crippen molar-refractivity contribution in [3.8, 4) is 0 Å². The summed E-state index contributed by atoms with van der Waals surface area (Å²) in [6.45, 7) is 2.14. The quantitative estimate of drug-likeness (QED) is 0.944. The maximum atomic E-state index is 12.3. The molecule has 0 bridgehead atoms. The first-order valence-electron chi connectivity index (χ1n) is 6.51. The number of benzene rings is 1. The van der Waals surface area contributed by atoms with Crippen LogP contribution in [0.25, 0.3) is 10.1 Å². The van der Waals surface area contributed by atoms with Gasteiger partial charge in [0.05, 0.1) is 6.42 Å². The number of thiophene rings is 1. The summed E-state index contributed by atoms with van der Waals surface area (Å²) in [5, 5.41) is 12.3. The van der Waals surface area contributed by atoms with Crippen molar-refractivity contribution in [3.63, 3.8) is 0 Å². The van der Waals surface area contributed by atoms with Gasteiger partial charge in [0.2, 0.25) is 5.91 Å². The molecule has 1 aliphatic rings. The largest absolute Gasteiger partial charge is 0.480 e. The topological polar surface area (TPSA) is 57.6 Å². The van der Waals surface area contributed by atoms with Gasteiger partial charge >= 0.3 is 5.97 Å². The fraction of sp³-hybridized carbons (Fsp3) is 0.333. The molecule has 1 saturated heterocycles. The smallest absolute Gasteiger partial charge is 0.329 e. The third-order valence-electron chi connectivity index (χ3n) is 4.11. The van der Waals surface area contributed by atoms with Gasteiger partial charge in [0, 0.05) is 11.2 Å². The summed E-state index contributed by atoms with van der Waals surface area (Å²) >= 11 is 1.64. The maximum Gasteiger partial charge on any atom is 0.329 e.